The molecule has 0 N–H and O–H groups in total. The maximum absolute atomic E-state index is 14.2. The summed E-state index contributed by atoms with van der Waals surface area (Å²) >= 11 is 0. The topological polar surface area (TPSA) is 84.0 Å². The van der Waals surface area contributed by atoms with Crippen LogP contribution in [0.25, 0.3) is 0 Å². The van der Waals surface area contributed by atoms with Gasteiger partial charge in [-0.25, -0.2) is 17.6 Å². The summed E-state index contributed by atoms with van der Waals surface area (Å²) in [5.41, 5.74) is 1.28. The number of esters is 1. The van der Waals surface area contributed by atoms with E-state index in [9.17, 15) is 22.4 Å². The quantitative estimate of drug-likeness (QED) is 0.608. The highest BCUT2D eigenvalue weighted by Gasteiger charge is 2.26. The first-order valence-corrected chi connectivity index (χ1v) is 11.6. The Labute approximate surface area is 181 Å². The minimum absolute atomic E-state index is 0.208. The number of para-hydroxylation sites is 1. The Hall–Kier alpha value is -2.78. The molecular formula is C22H25FN2O5S. The van der Waals surface area contributed by atoms with Gasteiger partial charge >= 0.3 is 5.97 Å². The Bertz CT molecular complexity index is 1080. The molecule has 0 bridgehead atoms. The highest BCUT2D eigenvalue weighted by atomic mass is 32.2. The molecule has 0 unspecified atom stereocenters. The number of aryl methyl sites for hydroxylation is 1. The molecule has 0 saturated heterocycles. The molecule has 0 aliphatic carbocycles. The molecule has 31 heavy (non-hydrogen) atoms. The second kappa shape index (κ2) is 9.57. The molecule has 0 aromatic heterocycles. The summed E-state index contributed by atoms with van der Waals surface area (Å²) in [7, 11) is -3.87. The van der Waals surface area contributed by atoms with E-state index in [-0.39, 0.29) is 18.0 Å². The Balaban J connectivity index is 1.75. The lowest BCUT2D eigenvalue weighted by Gasteiger charge is -2.29. The van der Waals surface area contributed by atoms with E-state index in [1.165, 1.54) is 4.31 Å². The van der Waals surface area contributed by atoms with Crippen LogP contribution in [0.3, 0.4) is 0 Å². The van der Waals surface area contributed by atoms with Gasteiger partial charge in [-0.1, -0.05) is 32.0 Å². The normalized spacial score (nSPS) is 13.7. The zero-order valence-electron chi connectivity index (χ0n) is 17.5. The van der Waals surface area contributed by atoms with Crippen molar-refractivity contribution in [1.29, 1.82) is 0 Å². The monoisotopic (exact) mass is 448 g/mol. The lowest BCUT2D eigenvalue weighted by atomic mass is 10.0. The van der Waals surface area contributed by atoms with Crippen molar-refractivity contribution < 1.29 is 27.1 Å². The van der Waals surface area contributed by atoms with E-state index >= 15 is 0 Å². The summed E-state index contributed by atoms with van der Waals surface area (Å²) in [6.45, 7) is 3.77. The average molecular weight is 449 g/mol. The molecule has 9 heteroatoms. The van der Waals surface area contributed by atoms with Gasteiger partial charge in [0.05, 0.1) is 10.5 Å². The first-order chi connectivity index (χ1) is 14.8. The smallest absolute Gasteiger partial charge is 0.341 e. The van der Waals surface area contributed by atoms with Crippen LogP contribution in [0.15, 0.2) is 47.4 Å². The van der Waals surface area contributed by atoms with Crippen molar-refractivity contribution in [2.75, 3.05) is 31.1 Å². The molecule has 1 amide bonds. The maximum Gasteiger partial charge on any atom is 0.341 e. The average Bonchev–Trinajstić information content (AvgIpc) is 2.77. The summed E-state index contributed by atoms with van der Waals surface area (Å²) in [6, 6.07) is 10.5. The number of sulfonamides is 1. The van der Waals surface area contributed by atoms with E-state index in [0.717, 1.165) is 42.3 Å². The van der Waals surface area contributed by atoms with E-state index in [0.29, 0.717) is 6.54 Å². The number of anilines is 1. The van der Waals surface area contributed by atoms with Gasteiger partial charge in [0.2, 0.25) is 10.0 Å². The largest absolute Gasteiger partial charge is 0.452 e. The zero-order chi connectivity index (χ0) is 22.6. The highest BCUT2D eigenvalue weighted by Crippen LogP contribution is 2.27. The molecule has 0 fully saturated rings. The Morgan fingerprint density at radius 2 is 1.84 bits per heavy atom. The molecule has 0 radical (unpaired) electrons. The number of hydrogen-bond acceptors (Lipinski definition) is 5. The van der Waals surface area contributed by atoms with Gasteiger partial charge in [-0.2, -0.15) is 4.31 Å². The molecule has 7 nitrogen and oxygen atoms in total. The van der Waals surface area contributed by atoms with Gasteiger partial charge in [-0.15, -0.1) is 0 Å². The number of carbonyl (C=O) groups is 2. The highest BCUT2D eigenvalue weighted by molar-refractivity contribution is 7.89. The number of benzene rings is 2. The number of amides is 1. The summed E-state index contributed by atoms with van der Waals surface area (Å²) in [4.78, 5) is 26.4. The third-order valence-corrected chi connectivity index (χ3v) is 7.28. The van der Waals surface area contributed by atoms with Crippen LogP contribution in [0.1, 0.15) is 36.2 Å². The van der Waals surface area contributed by atoms with Crippen LogP contribution in [0, 0.1) is 5.82 Å². The first kappa shape index (κ1) is 22.9. The van der Waals surface area contributed by atoms with Crippen LogP contribution < -0.4 is 4.90 Å². The van der Waals surface area contributed by atoms with E-state index in [2.05, 4.69) is 0 Å². The molecule has 1 heterocycles. The van der Waals surface area contributed by atoms with Crippen LogP contribution in [-0.4, -0.2) is 50.8 Å². The van der Waals surface area contributed by atoms with Crippen molar-refractivity contribution in [2.45, 2.75) is 31.6 Å². The van der Waals surface area contributed by atoms with Gasteiger partial charge in [0.1, 0.15) is 5.82 Å². The fraction of sp³-hybridized carbons (Fsp3) is 0.364. The van der Waals surface area contributed by atoms with Crippen LogP contribution in [0.5, 0.6) is 0 Å². The number of ether oxygens (including phenoxy) is 1. The number of rotatable bonds is 7. The third kappa shape index (κ3) is 4.77. The second-order valence-electron chi connectivity index (χ2n) is 7.08. The van der Waals surface area contributed by atoms with Gasteiger partial charge in [-0.05, 0) is 42.7 Å². The minimum atomic E-state index is -3.87. The van der Waals surface area contributed by atoms with Gasteiger partial charge < -0.3 is 9.64 Å². The number of fused-ring (bicyclic) bond motifs is 1. The maximum atomic E-state index is 14.2. The molecule has 3 rings (SSSR count). The Kier molecular flexibility index (Phi) is 7.07. The molecule has 2 aromatic carbocycles. The molecule has 1 aliphatic rings. The number of nitrogens with zero attached hydrogens (tertiary/aromatic N) is 2. The van der Waals surface area contributed by atoms with Crippen molar-refractivity contribution in [2.24, 2.45) is 0 Å². The molecule has 2 aromatic rings. The summed E-state index contributed by atoms with van der Waals surface area (Å²) in [5.74, 6) is -2.43. The van der Waals surface area contributed by atoms with Crippen molar-refractivity contribution in [3.63, 3.8) is 0 Å². The molecule has 1 aliphatic heterocycles. The number of carbonyl (C=O) groups excluding carboxylic acids is 2. The number of hydrogen-bond donors (Lipinski definition) is 0. The fourth-order valence-corrected chi connectivity index (χ4v) is 5.09. The predicted octanol–water partition coefficient (Wildman–Crippen LogP) is 2.99. The first-order valence-electron chi connectivity index (χ1n) is 10.1. The molecule has 166 valence electrons. The summed E-state index contributed by atoms with van der Waals surface area (Å²) in [5, 5.41) is 0. The Morgan fingerprint density at radius 3 is 2.55 bits per heavy atom. The standard InChI is InChI=1S/C22H25FN2O5S/c1-3-24(4-2)31(28,29)17-11-12-19(23)18(14-17)22(27)30-15-21(26)25-13-7-9-16-8-5-6-10-20(16)25/h5-6,8,10-12,14H,3-4,7,9,13,15H2,1-2H3. The summed E-state index contributed by atoms with van der Waals surface area (Å²) in [6.07, 6.45) is 1.65. The second-order valence-corrected chi connectivity index (χ2v) is 9.02. The van der Waals surface area contributed by atoms with E-state index in [4.69, 9.17) is 4.74 Å². The predicted molar refractivity (Wildman–Crippen MR) is 114 cm³/mol. The van der Waals surface area contributed by atoms with Gasteiger partial charge in [0.15, 0.2) is 6.61 Å². The lowest BCUT2D eigenvalue weighted by molar-refractivity contribution is -0.121. The van der Waals surface area contributed by atoms with Crippen LogP contribution in [0.2, 0.25) is 0 Å². The Morgan fingerprint density at radius 1 is 1.13 bits per heavy atom. The zero-order valence-corrected chi connectivity index (χ0v) is 18.3. The van der Waals surface area contributed by atoms with Gasteiger partial charge in [0, 0.05) is 25.3 Å². The van der Waals surface area contributed by atoms with Crippen molar-refractivity contribution in [3.8, 4) is 0 Å². The molecule has 0 atom stereocenters. The molecule has 0 saturated carbocycles. The lowest BCUT2D eigenvalue weighted by Crippen LogP contribution is -2.38. The van der Waals surface area contributed by atoms with E-state index in [1.807, 2.05) is 24.3 Å². The fourth-order valence-electron chi connectivity index (χ4n) is 3.61. The number of halogens is 1. The van der Waals surface area contributed by atoms with Crippen molar-refractivity contribution in [3.05, 3.63) is 59.4 Å². The minimum Gasteiger partial charge on any atom is -0.452 e. The van der Waals surface area contributed by atoms with Crippen LogP contribution >= 0.6 is 0 Å². The third-order valence-electron chi connectivity index (χ3n) is 5.24. The van der Waals surface area contributed by atoms with E-state index in [1.54, 1.807) is 18.7 Å². The molecular weight excluding hydrogens is 423 g/mol. The van der Waals surface area contributed by atoms with Crippen molar-refractivity contribution >= 4 is 27.6 Å². The van der Waals surface area contributed by atoms with Crippen LogP contribution in [0.4, 0.5) is 10.1 Å². The van der Waals surface area contributed by atoms with E-state index < -0.39 is 39.9 Å². The van der Waals surface area contributed by atoms with Gasteiger partial charge in [0.25, 0.3) is 5.91 Å². The molecule has 0 spiro atoms. The van der Waals surface area contributed by atoms with Gasteiger partial charge in [-0.3, -0.25) is 4.79 Å². The summed E-state index contributed by atoms with van der Waals surface area (Å²) < 4.78 is 45.8. The van der Waals surface area contributed by atoms with Crippen LogP contribution in [-0.2, 0) is 26.0 Å². The van der Waals surface area contributed by atoms with Crippen molar-refractivity contribution in [1.82, 2.24) is 4.31 Å². The SMILES string of the molecule is CCN(CC)S(=O)(=O)c1ccc(F)c(C(=O)OCC(=O)N2CCCc3ccccc32)c1.